The molecule has 0 radical (unpaired) electrons. The average molecular weight is 364 g/mol. The van der Waals surface area contributed by atoms with Crippen LogP contribution in [0, 0.1) is 0 Å². The number of carbonyl (C=O) groups is 1. The van der Waals surface area contributed by atoms with Crippen molar-refractivity contribution >= 4 is 11.8 Å². The molecule has 0 saturated carbocycles. The Morgan fingerprint density at radius 1 is 1.35 bits per heavy atom. The van der Waals surface area contributed by atoms with Gasteiger partial charge in [-0.25, -0.2) is 15.6 Å². The molecule has 1 fully saturated rings. The van der Waals surface area contributed by atoms with Crippen molar-refractivity contribution in [3.8, 4) is 5.75 Å². The van der Waals surface area contributed by atoms with E-state index in [1.807, 2.05) is 58.0 Å². The number of hydrogen-bond donors (Lipinski definition) is 2. The first-order valence-electron chi connectivity index (χ1n) is 8.96. The summed E-state index contributed by atoms with van der Waals surface area (Å²) in [4.78, 5) is 14.6. The normalized spacial score (nSPS) is 20.0. The standard InChI is InChI=1S/C19H32N4O3/c1-18(2,3)26-17(24)23(20)19(11-8-12-21-19)13-14-15(22(4)5)9-7-10-16(14)25-6/h7,9-10,21H,8,11-13,20H2,1-6H3/t19-/m0/s1. The van der Waals surface area contributed by atoms with Gasteiger partial charge >= 0.3 is 6.09 Å². The van der Waals surface area contributed by atoms with Crippen LogP contribution in [0.25, 0.3) is 0 Å². The topological polar surface area (TPSA) is 80.1 Å². The van der Waals surface area contributed by atoms with Crippen LogP contribution in [-0.2, 0) is 11.2 Å². The number of anilines is 1. The van der Waals surface area contributed by atoms with E-state index in [2.05, 4.69) is 5.32 Å². The van der Waals surface area contributed by atoms with Gasteiger partial charge in [0.15, 0.2) is 0 Å². The Balaban J connectivity index is 2.38. The molecular weight excluding hydrogens is 332 g/mol. The minimum atomic E-state index is -0.707. The van der Waals surface area contributed by atoms with E-state index in [9.17, 15) is 4.79 Å². The van der Waals surface area contributed by atoms with Crippen LogP contribution in [0.3, 0.4) is 0 Å². The Morgan fingerprint density at radius 3 is 2.54 bits per heavy atom. The van der Waals surface area contributed by atoms with E-state index in [1.165, 1.54) is 5.01 Å². The number of ether oxygens (including phenoxy) is 2. The molecule has 1 aromatic rings. The number of nitrogens with two attached hydrogens (primary N) is 1. The molecule has 0 unspecified atom stereocenters. The summed E-state index contributed by atoms with van der Waals surface area (Å²) in [5, 5.41) is 4.65. The fourth-order valence-electron chi connectivity index (χ4n) is 3.35. The lowest BCUT2D eigenvalue weighted by molar-refractivity contribution is -0.00897. The van der Waals surface area contributed by atoms with Crippen molar-refractivity contribution in [2.75, 3.05) is 32.6 Å². The molecular formula is C19H32N4O3. The van der Waals surface area contributed by atoms with Crippen molar-refractivity contribution < 1.29 is 14.3 Å². The number of rotatable bonds is 5. The summed E-state index contributed by atoms with van der Waals surface area (Å²) in [7, 11) is 5.63. The molecule has 1 aliphatic heterocycles. The quantitative estimate of drug-likeness (QED) is 0.475. The van der Waals surface area contributed by atoms with E-state index < -0.39 is 17.4 Å². The molecule has 1 heterocycles. The lowest BCUT2D eigenvalue weighted by Gasteiger charge is -2.39. The molecule has 2 rings (SSSR count). The minimum Gasteiger partial charge on any atom is -0.496 e. The van der Waals surface area contributed by atoms with Crippen LogP contribution in [0.5, 0.6) is 5.75 Å². The third kappa shape index (κ3) is 4.40. The number of nitrogens with one attached hydrogen (secondary N) is 1. The number of amides is 1. The summed E-state index contributed by atoms with van der Waals surface area (Å²) in [6, 6.07) is 5.93. The fourth-order valence-corrected chi connectivity index (χ4v) is 3.35. The first-order valence-corrected chi connectivity index (χ1v) is 8.96. The molecule has 0 spiro atoms. The second kappa shape index (κ2) is 7.72. The van der Waals surface area contributed by atoms with E-state index in [0.717, 1.165) is 36.4 Å². The van der Waals surface area contributed by atoms with Crippen LogP contribution in [0.15, 0.2) is 18.2 Å². The van der Waals surface area contributed by atoms with Gasteiger partial charge < -0.3 is 14.4 Å². The summed E-state index contributed by atoms with van der Waals surface area (Å²) in [5.74, 6) is 7.05. The van der Waals surface area contributed by atoms with Gasteiger partial charge in [-0.3, -0.25) is 5.32 Å². The molecule has 1 saturated heterocycles. The van der Waals surface area contributed by atoms with Gasteiger partial charge in [-0.15, -0.1) is 0 Å². The van der Waals surface area contributed by atoms with Crippen LogP contribution in [0.4, 0.5) is 10.5 Å². The molecule has 146 valence electrons. The number of nitrogens with zero attached hydrogens (tertiary/aromatic N) is 2. The van der Waals surface area contributed by atoms with Crippen molar-refractivity contribution in [2.45, 2.75) is 51.3 Å². The summed E-state index contributed by atoms with van der Waals surface area (Å²) in [6.07, 6.45) is 1.67. The molecule has 3 N–H and O–H groups in total. The SMILES string of the molecule is COc1cccc(N(C)C)c1C[C@@]1(N(N)C(=O)OC(C)(C)C)CCCN1. The molecule has 1 amide bonds. The maximum Gasteiger partial charge on any atom is 0.426 e. The molecule has 1 aromatic carbocycles. The van der Waals surface area contributed by atoms with Crippen molar-refractivity contribution in [1.29, 1.82) is 0 Å². The number of benzene rings is 1. The third-order valence-corrected chi connectivity index (χ3v) is 4.55. The van der Waals surface area contributed by atoms with Crippen LogP contribution in [0.1, 0.15) is 39.2 Å². The van der Waals surface area contributed by atoms with Gasteiger partial charge in [0.1, 0.15) is 17.0 Å². The highest BCUT2D eigenvalue weighted by Crippen LogP contribution is 2.36. The predicted octanol–water partition coefficient (Wildman–Crippen LogP) is 2.49. The Morgan fingerprint density at radius 2 is 2.04 bits per heavy atom. The molecule has 0 aliphatic carbocycles. The summed E-state index contributed by atoms with van der Waals surface area (Å²) >= 11 is 0. The largest absolute Gasteiger partial charge is 0.496 e. The minimum absolute atomic E-state index is 0.528. The molecule has 0 bridgehead atoms. The highest BCUT2D eigenvalue weighted by Gasteiger charge is 2.43. The molecule has 0 aromatic heterocycles. The van der Waals surface area contributed by atoms with Crippen LogP contribution in [-0.4, -0.2) is 50.1 Å². The number of hydrazine groups is 1. The molecule has 7 nitrogen and oxygen atoms in total. The molecule has 1 aliphatic rings. The average Bonchev–Trinajstić information content (AvgIpc) is 3.02. The van der Waals surface area contributed by atoms with Gasteiger partial charge in [-0.1, -0.05) is 6.07 Å². The highest BCUT2D eigenvalue weighted by molar-refractivity contribution is 5.69. The van der Waals surface area contributed by atoms with Crippen LogP contribution >= 0.6 is 0 Å². The zero-order chi connectivity index (χ0) is 19.5. The Hall–Kier alpha value is -1.99. The molecule has 1 atom stereocenters. The van der Waals surface area contributed by atoms with E-state index >= 15 is 0 Å². The van der Waals surface area contributed by atoms with E-state index in [1.54, 1.807) is 7.11 Å². The second-order valence-corrected chi connectivity index (χ2v) is 7.94. The molecule has 7 heteroatoms. The van der Waals surface area contributed by atoms with E-state index in [0.29, 0.717) is 6.42 Å². The lowest BCUT2D eigenvalue weighted by atomic mass is 9.94. The maximum atomic E-state index is 12.6. The Kier molecular flexibility index (Phi) is 6.03. The van der Waals surface area contributed by atoms with Gasteiger partial charge in [-0.05, 0) is 52.3 Å². The van der Waals surface area contributed by atoms with Crippen molar-refractivity contribution in [2.24, 2.45) is 5.84 Å². The first-order chi connectivity index (χ1) is 12.1. The number of carbonyl (C=O) groups excluding carboxylic acids is 1. The van der Waals surface area contributed by atoms with E-state index in [-0.39, 0.29) is 0 Å². The highest BCUT2D eigenvalue weighted by atomic mass is 16.6. The van der Waals surface area contributed by atoms with Crippen LogP contribution < -0.4 is 20.8 Å². The summed E-state index contributed by atoms with van der Waals surface area (Å²) < 4.78 is 11.1. The van der Waals surface area contributed by atoms with Gasteiger partial charge in [0.2, 0.25) is 0 Å². The fraction of sp³-hybridized carbons (Fsp3) is 0.632. The van der Waals surface area contributed by atoms with Gasteiger partial charge in [0, 0.05) is 31.8 Å². The summed E-state index contributed by atoms with van der Waals surface area (Å²) in [5.41, 5.74) is 0.735. The van der Waals surface area contributed by atoms with E-state index in [4.69, 9.17) is 15.3 Å². The van der Waals surface area contributed by atoms with Crippen LogP contribution in [0.2, 0.25) is 0 Å². The third-order valence-electron chi connectivity index (χ3n) is 4.55. The zero-order valence-corrected chi connectivity index (χ0v) is 16.8. The zero-order valence-electron chi connectivity index (χ0n) is 16.8. The number of hydrogen-bond acceptors (Lipinski definition) is 6. The summed E-state index contributed by atoms with van der Waals surface area (Å²) in [6.45, 7) is 6.29. The van der Waals surface area contributed by atoms with Crippen molar-refractivity contribution in [1.82, 2.24) is 10.3 Å². The van der Waals surface area contributed by atoms with Crippen molar-refractivity contribution in [3.05, 3.63) is 23.8 Å². The predicted molar refractivity (Wildman–Crippen MR) is 103 cm³/mol. The monoisotopic (exact) mass is 364 g/mol. The van der Waals surface area contributed by atoms with Crippen molar-refractivity contribution in [3.63, 3.8) is 0 Å². The Bertz CT molecular complexity index is 634. The van der Waals surface area contributed by atoms with Gasteiger partial charge in [0.25, 0.3) is 0 Å². The number of methoxy groups -OCH3 is 1. The first kappa shape index (κ1) is 20.3. The maximum absolute atomic E-state index is 12.6. The smallest absolute Gasteiger partial charge is 0.426 e. The second-order valence-electron chi connectivity index (χ2n) is 7.94. The van der Waals surface area contributed by atoms with Gasteiger partial charge in [-0.2, -0.15) is 0 Å². The lowest BCUT2D eigenvalue weighted by Crippen LogP contribution is -2.63. The molecule has 26 heavy (non-hydrogen) atoms. The Labute approximate surface area is 156 Å². The van der Waals surface area contributed by atoms with Gasteiger partial charge in [0.05, 0.1) is 7.11 Å².